The molecule has 0 aromatic heterocycles. The Bertz CT molecular complexity index is 92.3. The molecule has 1 unspecified atom stereocenters. The lowest BCUT2D eigenvalue weighted by Gasteiger charge is -2.15. The van der Waals surface area contributed by atoms with Crippen LogP contribution in [0.1, 0.15) is 13.3 Å². The van der Waals surface area contributed by atoms with Crippen LogP contribution in [0.5, 0.6) is 0 Å². The van der Waals surface area contributed by atoms with Crippen molar-refractivity contribution in [1.82, 2.24) is 0 Å². The fraction of sp³-hybridized carbons (Fsp3) is 1.00. The fourth-order valence-corrected chi connectivity index (χ4v) is 1.06. The zero-order valence-corrected chi connectivity index (χ0v) is 5.45. The number of ether oxygens (including phenoxy) is 1. The smallest absolute Gasteiger partial charge is 0.109 e. The van der Waals surface area contributed by atoms with Crippen LogP contribution in [0.15, 0.2) is 0 Å². The highest BCUT2D eigenvalue weighted by molar-refractivity contribution is 4.78. The van der Waals surface area contributed by atoms with E-state index >= 15 is 0 Å². The van der Waals surface area contributed by atoms with E-state index in [4.69, 9.17) is 14.9 Å². The Labute approximate surface area is 54.3 Å². The summed E-state index contributed by atoms with van der Waals surface area (Å²) in [5, 5.41) is 18.0. The monoisotopic (exact) mass is 132 g/mol. The van der Waals surface area contributed by atoms with Crippen LogP contribution in [0.25, 0.3) is 0 Å². The Morgan fingerprint density at radius 2 is 2.33 bits per heavy atom. The summed E-state index contributed by atoms with van der Waals surface area (Å²) in [5.41, 5.74) is 0. The third-order valence-electron chi connectivity index (χ3n) is 1.58. The van der Waals surface area contributed by atoms with E-state index in [1.165, 1.54) is 0 Å². The summed E-state index contributed by atoms with van der Waals surface area (Å²) in [6.45, 7) is 2.19. The van der Waals surface area contributed by atoms with E-state index in [9.17, 15) is 0 Å². The van der Waals surface area contributed by atoms with Crippen LogP contribution in [0.4, 0.5) is 0 Å². The van der Waals surface area contributed by atoms with Gasteiger partial charge < -0.3 is 14.9 Å². The van der Waals surface area contributed by atoms with Gasteiger partial charge in [-0.25, -0.2) is 0 Å². The molecule has 1 aliphatic rings. The van der Waals surface area contributed by atoms with Crippen LogP contribution >= 0.6 is 0 Å². The van der Waals surface area contributed by atoms with Crippen molar-refractivity contribution in [3.63, 3.8) is 0 Å². The van der Waals surface area contributed by atoms with Crippen molar-refractivity contribution in [3.8, 4) is 0 Å². The van der Waals surface area contributed by atoms with Crippen LogP contribution in [0.3, 0.4) is 0 Å². The van der Waals surface area contributed by atoms with Crippen LogP contribution in [-0.2, 0) is 4.74 Å². The molecule has 1 fully saturated rings. The van der Waals surface area contributed by atoms with Gasteiger partial charge in [0.1, 0.15) is 6.10 Å². The topological polar surface area (TPSA) is 49.7 Å². The molecule has 0 amide bonds. The van der Waals surface area contributed by atoms with Crippen LogP contribution in [-0.4, -0.2) is 35.1 Å². The molecule has 0 spiro atoms. The Morgan fingerprint density at radius 1 is 1.67 bits per heavy atom. The molecule has 2 N–H and O–H groups in total. The summed E-state index contributed by atoms with van der Waals surface area (Å²) >= 11 is 0. The number of hydrogen-bond donors (Lipinski definition) is 2. The van der Waals surface area contributed by atoms with E-state index in [1.807, 2.05) is 0 Å². The van der Waals surface area contributed by atoms with Gasteiger partial charge in [0.25, 0.3) is 0 Å². The maximum Gasteiger partial charge on any atom is 0.109 e. The highest BCUT2D eigenvalue weighted by Crippen LogP contribution is 2.15. The second kappa shape index (κ2) is 2.64. The summed E-state index contributed by atoms with van der Waals surface area (Å²) in [7, 11) is 0. The van der Waals surface area contributed by atoms with Crippen molar-refractivity contribution < 1.29 is 14.9 Å². The van der Waals surface area contributed by atoms with Crippen molar-refractivity contribution in [1.29, 1.82) is 0 Å². The zero-order chi connectivity index (χ0) is 6.85. The first-order chi connectivity index (χ1) is 4.22. The first kappa shape index (κ1) is 6.99. The SMILES string of the molecule is C[C@@H](O)C1OCC[C@@H]1O. The summed E-state index contributed by atoms with van der Waals surface area (Å²) in [4.78, 5) is 0. The molecule has 0 aromatic rings. The van der Waals surface area contributed by atoms with Crippen molar-refractivity contribution in [2.75, 3.05) is 6.61 Å². The minimum atomic E-state index is -0.553. The van der Waals surface area contributed by atoms with Gasteiger partial charge in [0, 0.05) is 6.61 Å². The Balaban J connectivity index is 2.40. The van der Waals surface area contributed by atoms with Crippen molar-refractivity contribution >= 4 is 0 Å². The van der Waals surface area contributed by atoms with Gasteiger partial charge in [-0.1, -0.05) is 0 Å². The van der Waals surface area contributed by atoms with Gasteiger partial charge in [-0.15, -0.1) is 0 Å². The molecule has 0 bridgehead atoms. The maximum atomic E-state index is 9.07. The lowest BCUT2D eigenvalue weighted by molar-refractivity contribution is -0.0371. The van der Waals surface area contributed by atoms with Gasteiger partial charge in [-0.3, -0.25) is 0 Å². The summed E-state index contributed by atoms with van der Waals surface area (Å²) in [5.74, 6) is 0. The van der Waals surface area contributed by atoms with E-state index in [1.54, 1.807) is 6.92 Å². The van der Waals surface area contributed by atoms with Crippen molar-refractivity contribution in [2.24, 2.45) is 0 Å². The van der Waals surface area contributed by atoms with Crippen molar-refractivity contribution in [2.45, 2.75) is 31.7 Å². The lowest BCUT2D eigenvalue weighted by atomic mass is 10.1. The molecule has 0 saturated carbocycles. The first-order valence-electron chi connectivity index (χ1n) is 3.19. The number of hydrogen-bond acceptors (Lipinski definition) is 3. The largest absolute Gasteiger partial charge is 0.391 e. The predicted octanol–water partition coefficient (Wildman–Crippen LogP) is -0.483. The van der Waals surface area contributed by atoms with Gasteiger partial charge in [0.2, 0.25) is 0 Å². The van der Waals surface area contributed by atoms with Crippen LogP contribution < -0.4 is 0 Å². The van der Waals surface area contributed by atoms with Crippen LogP contribution in [0, 0.1) is 0 Å². The minimum absolute atomic E-state index is 0.356. The normalized spacial score (nSPS) is 39.0. The van der Waals surface area contributed by atoms with E-state index < -0.39 is 12.2 Å². The lowest BCUT2D eigenvalue weighted by Crippen LogP contribution is -2.31. The van der Waals surface area contributed by atoms with Gasteiger partial charge in [0.05, 0.1) is 12.2 Å². The van der Waals surface area contributed by atoms with Gasteiger partial charge in [-0.2, -0.15) is 0 Å². The highest BCUT2D eigenvalue weighted by atomic mass is 16.5. The van der Waals surface area contributed by atoms with Crippen molar-refractivity contribution in [3.05, 3.63) is 0 Å². The zero-order valence-electron chi connectivity index (χ0n) is 5.45. The Hall–Kier alpha value is -0.120. The minimum Gasteiger partial charge on any atom is -0.391 e. The molecule has 1 rings (SSSR count). The maximum absolute atomic E-state index is 9.07. The Kier molecular flexibility index (Phi) is 2.05. The number of aliphatic hydroxyl groups excluding tert-OH is 2. The molecule has 54 valence electrons. The molecule has 9 heavy (non-hydrogen) atoms. The molecule has 3 nitrogen and oxygen atoms in total. The standard InChI is InChI=1S/C6H12O3/c1-4(7)6-5(8)2-3-9-6/h4-8H,2-3H2,1H3/t4-,5+,6?/m1/s1. The molecular weight excluding hydrogens is 120 g/mol. The molecule has 3 atom stereocenters. The summed E-state index contributed by atoms with van der Waals surface area (Å²) in [6, 6.07) is 0. The third kappa shape index (κ3) is 1.41. The van der Waals surface area contributed by atoms with Gasteiger partial charge in [-0.05, 0) is 13.3 Å². The second-order valence-corrected chi connectivity index (χ2v) is 2.43. The van der Waals surface area contributed by atoms with Gasteiger partial charge in [0.15, 0.2) is 0 Å². The molecule has 1 saturated heterocycles. The molecule has 1 heterocycles. The molecule has 0 aliphatic carbocycles. The molecule has 1 aliphatic heterocycles. The van der Waals surface area contributed by atoms with Gasteiger partial charge >= 0.3 is 0 Å². The Morgan fingerprint density at radius 3 is 2.56 bits per heavy atom. The predicted molar refractivity (Wildman–Crippen MR) is 32.0 cm³/mol. The third-order valence-corrected chi connectivity index (χ3v) is 1.58. The molecular formula is C6H12O3. The van der Waals surface area contributed by atoms with Crippen LogP contribution in [0.2, 0.25) is 0 Å². The second-order valence-electron chi connectivity index (χ2n) is 2.43. The number of rotatable bonds is 1. The summed E-state index contributed by atoms with van der Waals surface area (Å²) < 4.78 is 5.03. The first-order valence-corrected chi connectivity index (χ1v) is 3.19. The quantitative estimate of drug-likeness (QED) is 0.506. The average molecular weight is 132 g/mol. The van der Waals surface area contributed by atoms with E-state index in [-0.39, 0.29) is 6.10 Å². The van der Waals surface area contributed by atoms with E-state index in [0.717, 1.165) is 0 Å². The van der Waals surface area contributed by atoms with E-state index in [0.29, 0.717) is 13.0 Å². The van der Waals surface area contributed by atoms with E-state index in [2.05, 4.69) is 0 Å². The molecule has 0 aromatic carbocycles. The fourth-order valence-electron chi connectivity index (χ4n) is 1.06. The molecule has 3 heteroatoms. The highest BCUT2D eigenvalue weighted by Gasteiger charge is 2.29. The summed E-state index contributed by atoms with van der Waals surface area (Å²) in [6.07, 6.45) is -0.729. The molecule has 0 radical (unpaired) electrons. The number of aliphatic hydroxyl groups is 2. The average Bonchev–Trinajstić information content (AvgIpc) is 2.13.